The Morgan fingerprint density at radius 3 is 2.83 bits per heavy atom. The van der Waals surface area contributed by atoms with Crippen LogP contribution < -0.4 is 10.9 Å². The van der Waals surface area contributed by atoms with E-state index in [1.807, 2.05) is 31.2 Å². The van der Waals surface area contributed by atoms with Gasteiger partial charge >= 0.3 is 0 Å². The summed E-state index contributed by atoms with van der Waals surface area (Å²) in [4.78, 5) is 28.8. The van der Waals surface area contributed by atoms with E-state index in [0.717, 1.165) is 15.7 Å². The molecular weight excluding hydrogens is 370 g/mol. The second-order valence-electron chi connectivity index (χ2n) is 5.54. The van der Waals surface area contributed by atoms with E-state index in [4.69, 9.17) is 0 Å². The maximum atomic E-state index is 12.4. The van der Waals surface area contributed by atoms with Crippen molar-refractivity contribution in [1.29, 1.82) is 0 Å². The van der Waals surface area contributed by atoms with Gasteiger partial charge in [-0.3, -0.25) is 14.2 Å². The second-order valence-corrected chi connectivity index (χ2v) is 6.40. The van der Waals surface area contributed by atoms with Crippen LogP contribution in [0.1, 0.15) is 12.0 Å². The Bertz CT molecular complexity index is 966. The molecule has 0 atom stereocenters. The molecule has 3 rings (SSSR count). The van der Waals surface area contributed by atoms with E-state index in [1.165, 1.54) is 10.9 Å². The third-order valence-corrected chi connectivity index (χ3v) is 4.37. The number of para-hydroxylation sites is 1. The van der Waals surface area contributed by atoms with E-state index >= 15 is 0 Å². The van der Waals surface area contributed by atoms with E-state index < -0.39 is 0 Å². The van der Waals surface area contributed by atoms with Gasteiger partial charge in [0.2, 0.25) is 5.91 Å². The van der Waals surface area contributed by atoms with Gasteiger partial charge in [-0.15, -0.1) is 0 Å². The van der Waals surface area contributed by atoms with Crippen LogP contribution in [0.2, 0.25) is 0 Å². The monoisotopic (exact) mass is 385 g/mol. The van der Waals surface area contributed by atoms with Gasteiger partial charge in [0.05, 0.1) is 22.9 Å². The zero-order chi connectivity index (χ0) is 17.1. The standard InChI is InChI=1S/C18H16BrN3O2/c1-12-6-7-16(14(19)10-12)21-17(23)8-9-22-11-20-15-5-3-2-4-13(15)18(22)24/h2-7,10-11H,8-9H2,1H3,(H,21,23). The molecule has 1 aromatic heterocycles. The van der Waals surface area contributed by atoms with Gasteiger partial charge in [-0.1, -0.05) is 18.2 Å². The van der Waals surface area contributed by atoms with E-state index in [9.17, 15) is 9.59 Å². The molecule has 0 bridgehead atoms. The fraction of sp³-hybridized carbons (Fsp3) is 0.167. The molecule has 1 amide bonds. The second kappa shape index (κ2) is 6.97. The van der Waals surface area contributed by atoms with Gasteiger partial charge in [0.15, 0.2) is 0 Å². The lowest BCUT2D eigenvalue weighted by Crippen LogP contribution is -2.23. The van der Waals surface area contributed by atoms with E-state index in [2.05, 4.69) is 26.2 Å². The fourth-order valence-electron chi connectivity index (χ4n) is 2.42. The van der Waals surface area contributed by atoms with Crippen molar-refractivity contribution in [3.8, 4) is 0 Å². The zero-order valence-corrected chi connectivity index (χ0v) is 14.7. The van der Waals surface area contributed by atoms with Gasteiger partial charge in [-0.2, -0.15) is 0 Å². The summed E-state index contributed by atoms with van der Waals surface area (Å²) in [5.74, 6) is -0.153. The molecule has 1 heterocycles. The Kier molecular flexibility index (Phi) is 4.76. The summed E-state index contributed by atoms with van der Waals surface area (Å²) in [6, 6.07) is 12.9. The molecule has 5 nitrogen and oxygen atoms in total. The first kappa shape index (κ1) is 16.4. The van der Waals surface area contributed by atoms with Crippen LogP contribution in [0.4, 0.5) is 5.69 Å². The number of nitrogens with one attached hydrogen (secondary N) is 1. The van der Waals surface area contributed by atoms with E-state index in [1.54, 1.807) is 18.2 Å². The lowest BCUT2D eigenvalue weighted by molar-refractivity contribution is -0.116. The Labute approximate surface area is 147 Å². The molecule has 0 radical (unpaired) electrons. The van der Waals surface area contributed by atoms with Crippen LogP contribution in [0.25, 0.3) is 10.9 Å². The number of aromatic nitrogens is 2. The number of anilines is 1. The molecule has 0 unspecified atom stereocenters. The summed E-state index contributed by atoms with van der Waals surface area (Å²) in [5, 5.41) is 3.40. The SMILES string of the molecule is Cc1ccc(NC(=O)CCn2cnc3ccccc3c2=O)c(Br)c1. The number of aryl methyl sites for hydroxylation is 2. The smallest absolute Gasteiger partial charge is 0.261 e. The van der Waals surface area contributed by atoms with Gasteiger partial charge in [-0.05, 0) is 52.7 Å². The molecule has 0 aliphatic rings. The van der Waals surface area contributed by atoms with Crippen LogP contribution in [0.3, 0.4) is 0 Å². The molecule has 0 saturated heterocycles. The first-order valence-electron chi connectivity index (χ1n) is 7.55. The number of fused-ring (bicyclic) bond motifs is 1. The molecule has 122 valence electrons. The number of carbonyl (C=O) groups is 1. The normalized spacial score (nSPS) is 10.8. The average molecular weight is 386 g/mol. The molecule has 6 heteroatoms. The number of nitrogens with zero attached hydrogens (tertiary/aromatic N) is 2. The van der Waals surface area contributed by atoms with Gasteiger partial charge in [-0.25, -0.2) is 4.98 Å². The lowest BCUT2D eigenvalue weighted by Gasteiger charge is -2.09. The highest BCUT2D eigenvalue weighted by atomic mass is 79.9. The van der Waals surface area contributed by atoms with Crippen LogP contribution in [-0.4, -0.2) is 15.5 Å². The van der Waals surface area contributed by atoms with Crippen molar-refractivity contribution >= 4 is 38.4 Å². The molecule has 0 aliphatic carbocycles. The molecule has 3 aromatic rings. The summed E-state index contributed by atoms with van der Waals surface area (Å²) in [6.45, 7) is 2.27. The first-order chi connectivity index (χ1) is 11.5. The third kappa shape index (κ3) is 3.54. The zero-order valence-electron chi connectivity index (χ0n) is 13.1. The van der Waals surface area contributed by atoms with E-state index in [0.29, 0.717) is 10.9 Å². The number of amides is 1. The third-order valence-electron chi connectivity index (χ3n) is 3.71. The number of halogens is 1. The fourth-order valence-corrected chi connectivity index (χ4v) is 3.01. The molecule has 0 aliphatic heterocycles. The Balaban J connectivity index is 1.70. The minimum atomic E-state index is -0.153. The van der Waals surface area contributed by atoms with Crippen LogP contribution in [0, 0.1) is 6.92 Å². The summed E-state index contributed by atoms with van der Waals surface area (Å²) >= 11 is 3.43. The molecule has 2 aromatic carbocycles. The predicted octanol–water partition coefficient (Wildman–Crippen LogP) is 3.50. The van der Waals surface area contributed by atoms with Gasteiger partial charge in [0, 0.05) is 17.4 Å². The van der Waals surface area contributed by atoms with Gasteiger partial charge in [0.1, 0.15) is 0 Å². The molecule has 24 heavy (non-hydrogen) atoms. The van der Waals surface area contributed by atoms with Crippen molar-refractivity contribution in [2.24, 2.45) is 0 Å². The van der Waals surface area contributed by atoms with Gasteiger partial charge in [0.25, 0.3) is 5.56 Å². The highest BCUT2D eigenvalue weighted by molar-refractivity contribution is 9.10. The average Bonchev–Trinajstić information content (AvgIpc) is 2.57. The largest absolute Gasteiger partial charge is 0.325 e. The molecular formula is C18H16BrN3O2. The maximum absolute atomic E-state index is 12.4. The Morgan fingerprint density at radius 2 is 2.04 bits per heavy atom. The first-order valence-corrected chi connectivity index (χ1v) is 8.34. The highest BCUT2D eigenvalue weighted by Crippen LogP contribution is 2.23. The van der Waals surface area contributed by atoms with Crippen LogP contribution in [0.5, 0.6) is 0 Å². The van der Waals surface area contributed by atoms with Gasteiger partial charge < -0.3 is 5.32 Å². The number of carbonyl (C=O) groups excluding carboxylic acids is 1. The molecule has 0 spiro atoms. The summed E-state index contributed by atoms with van der Waals surface area (Å²) < 4.78 is 2.30. The van der Waals surface area contributed by atoms with E-state index in [-0.39, 0.29) is 24.4 Å². The maximum Gasteiger partial charge on any atom is 0.261 e. The predicted molar refractivity (Wildman–Crippen MR) is 98.1 cm³/mol. The number of hydrogen-bond donors (Lipinski definition) is 1. The van der Waals surface area contributed by atoms with Crippen LogP contribution in [-0.2, 0) is 11.3 Å². The number of hydrogen-bond acceptors (Lipinski definition) is 3. The Morgan fingerprint density at radius 1 is 1.25 bits per heavy atom. The minimum absolute atomic E-state index is 0.134. The summed E-state index contributed by atoms with van der Waals surface area (Å²) in [5.41, 5.74) is 2.35. The number of rotatable bonds is 4. The highest BCUT2D eigenvalue weighted by Gasteiger charge is 2.08. The molecule has 0 saturated carbocycles. The number of benzene rings is 2. The van der Waals surface area contributed by atoms with Crippen LogP contribution >= 0.6 is 15.9 Å². The van der Waals surface area contributed by atoms with Crippen LogP contribution in [0.15, 0.2) is 58.1 Å². The van der Waals surface area contributed by atoms with Crippen molar-refractivity contribution in [3.05, 3.63) is 69.2 Å². The summed E-state index contributed by atoms with van der Waals surface area (Å²) in [6.07, 6.45) is 1.68. The molecule has 0 fully saturated rings. The minimum Gasteiger partial charge on any atom is -0.325 e. The van der Waals surface area contributed by atoms with Crippen molar-refractivity contribution in [2.75, 3.05) is 5.32 Å². The topological polar surface area (TPSA) is 64.0 Å². The van der Waals surface area contributed by atoms with Crippen molar-refractivity contribution in [3.63, 3.8) is 0 Å². The van der Waals surface area contributed by atoms with Crippen molar-refractivity contribution in [1.82, 2.24) is 9.55 Å². The lowest BCUT2D eigenvalue weighted by atomic mass is 10.2. The van der Waals surface area contributed by atoms with Crippen molar-refractivity contribution in [2.45, 2.75) is 19.9 Å². The summed E-state index contributed by atoms with van der Waals surface area (Å²) in [7, 11) is 0. The van der Waals surface area contributed by atoms with Crippen molar-refractivity contribution < 1.29 is 4.79 Å². The quantitative estimate of drug-likeness (QED) is 0.747. The molecule has 1 N–H and O–H groups in total. The Hall–Kier alpha value is -2.47.